The summed E-state index contributed by atoms with van der Waals surface area (Å²) in [6.07, 6.45) is 11.4. The molecule has 5 amide bonds. The molecule has 22 heteroatoms. The van der Waals surface area contributed by atoms with Gasteiger partial charge in [-0.15, -0.1) is 0 Å². The van der Waals surface area contributed by atoms with E-state index in [2.05, 4.69) is 42.1 Å². The van der Waals surface area contributed by atoms with Crippen molar-refractivity contribution in [2.45, 2.75) is 51.4 Å². The molecule has 0 bridgehead atoms. The summed E-state index contributed by atoms with van der Waals surface area (Å²) in [7, 11) is 3.38. The molecule has 0 aromatic heterocycles. The summed E-state index contributed by atoms with van der Waals surface area (Å²) in [5.74, 6) is -4.36. The van der Waals surface area contributed by atoms with Gasteiger partial charge in [0.25, 0.3) is 0 Å². The molecule has 366 valence electrons. The summed E-state index contributed by atoms with van der Waals surface area (Å²) in [5, 5.41) is 55.8. The molecule has 6 rings (SSSR count). The third kappa shape index (κ3) is 16.8. The van der Waals surface area contributed by atoms with Gasteiger partial charge in [-0.05, 0) is 74.2 Å². The van der Waals surface area contributed by atoms with Crippen LogP contribution in [0.15, 0.2) is 93.2 Å². The van der Waals surface area contributed by atoms with Crippen LogP contribution in [0.3, 0.4) is 0 Å². The van der Waals surface area contributed by atoms with Gasteiger partial charge in [-0.1, -0.05) is 96.4 Å². The van der Waals surface area contributed by atoms with Gasteiger partial charge in [0, 0.05) is 36.3 Å². The number of nitrogens with one attached hydrogen (secondary N) is 4. The Morgan fingerprint density at radius 2 is 0.667 bits per heavy atom. The van der Waals surface area contributed by atoms with E-state index in [1.54, 1.807) is 62.6 Å². The first-order chi connectivity index (χ1) is 33.0. The second-order valence-corrected chi connectivity index (χ2v) is 17.3. The van der Waals surface area contributed by atoms with Crippen LogP contribution in [-0.4, -0.2) is 94.3 Å². The van der Waals surface area contributed by atoms with E-state index in [0.29, 0.717) is 47.9 Å². The van der Waals surface area contributed by atoms with Crippen LogP contribution in [0.5, 0.6) is 23.0 Å². The van der Waals surface area contributed by atoms with Gasteiger partial charge in [-0.3, -0.25) is 24.0 Å². The SMILES string of the molecule is CN(C)C=O.O=C(N/N=C/c1cccc(Cl)c1O)[C@@H]1CCCC[C@H]1C(=O)N/N=C/c1cccc(Cl)c1O.O=C(N/N=C/c1cccc(Cl)c1O)[C@@H]1CCCC[C@H]1C(=O)N/N=C/c1cccc(Cl)c1O. The van der Waals surface area contributed by atoms with Crippen molar-refractivity contribution in [3.63, 3.8) is 0 Å². The van der Waals surface area contributed by atoms with Crippen molar-refractivity contribution in [1.29, 1.82) is 0 Å². The van der Waals surface area contributed by atoms with Crippen molar-refractivity contribution in [1.82, 2.24) is 26.6 Å². The van der Waals surface area contributed by atoms with Crippen molar-refractivity contribution in [2.75, 3.05) is 14.1 Å². The highest BCUT2D eigenvalue weighted by molar-refractivity contribution is 6.33. The van der Waals surface area contributed by atoms with E-state index in [1.807, 2.05) is 0 Å². The summed E-state index contributed by atoms with van der Waals surface area (Å²) < 4.78 is 0. The highest BCUT2D eigenvalue weighted by atomic mass is 35.5. The summed E-state index contributed by atoms with van der Waals surface area (Å²) in [5.41, 5.74) is 11.2. The predicted octanol–water partition coefficient (Wildman–Crippen LogP) is 7.33. The minimum atomic E-state index is -0.566. The summed E-state index contributed by atoms with van der Waals surface area (Å²) in [6, 6.07) is 19.1. The molecule has 0 radical (unpaired) electrons. The van der Waals surface area contributed by atoms with Crippen molar-refractivity contribution >= 4 is 101 Å². The zero-order chi connectivity index (χ0) is 50.5. The number of hydrogen-bond donors (Lipinski definition) is 8. The van der Waals surface area contributed by atoms with Gasteiger partial charge in [0.05, 0.1) is 68.6 Å². The number of carbonyl (C=O) groups excluding carboxylic acids is 5. The molecule has 0 heterocycles. The van der Waals surface area contributed by atoms with Crippen LogP contribution in [0.25, 0.3) is 0 Å². The number of amides is 5. The first kappa shape index (κ1) is 54.9. The van der Waals surface area contributed by atoms with Crippen LogP contribution in [0, 0.1) is 23.7 Å². The second kappa shape index (κ2) is 27.9. The van der Waals surface area contributed by atoms with E-state index < -0.39 is 23.7 Å². The Balaban J connectivity index is 0.000000274. The monoisotopic (exact) mass is 1030 g/mol. The molecule has 18 nitrogen and oxygen atoms in total. The van der Waals surface area contributed by atoms with Gasteiger partial charge in [0.2, 0.25) is 30.0 Å². The number of phenolic OH excluding ortho intramolecular Hbond substituents is 4. The van der Waals surface area contributed by atoms with E-state index in [4.69, 9.17) is 46.4 Å². The van der Waals surface area contributed by atoms with Gasteiger partial charge < -0.3 is 25.3 Å². The molecule has 0 spiro atoms. The molecule has 4 aromatic carbocycles. The number of para-hydroxylation sites is 4. The maximum Gasteiger partial charge on any atom is 0.243 e. The Labute approximate surface area is 418 Å². The van der Waals surface area contributed by atoms with E-state index >= 15 is 0 Å². The van der Waals surface area contributed by atoms with Crippen LogP contribution < -0.4 is 21.7 Å². The van der Waals surface area contributed by atoms with E-state index in [0.717, 1.165) is 32.1 Å². The molecule has 69 heavy (non-hydrogen) atoms. The van der Waals surface area contributed by atoms with Crippen LogP contribution in [0.2, 0.25) is 20.1 Å². The Hall–Kier alpha value is -6.73. The molecule has 4 aromatic rings. The summed E-state index contributed by atoms with van der Waals surface area (Å²) in [4.78, 5) is 61.5. The Morgan fingerprint density at radius 1 is 0.464 bits per heavy atom. The molecule has 2 aliphatic carbocycles. The Bertz CT molecular complexity index is 2230. The highest BCUT2D eigenvalue weighted by Crippen LogP contribution is 2.33. The smallest absolute Gasteiger partial charge is 0.243 e. The molecule has 2 aliphatic rings. The lowest BCUT2D eigenvalue weighted by molar-refractivity contribution is -0.136. The van der Waals surface area contributed by atoms with Gasteiger partial charge >= 0.3 is 0 Å². The molecular formula is C47H51Cl4N9O9. The topological polar surface area (TPSA) is 267 Å². The standard InChI is InChI=1S/2C22H22Cl2N4O4.C3H7NO/c2*23-17-9-3-5-13(19(17)29)11-25-27-21(31)15-7-1-2-8-16(15)22(32)28-26-12-14-6-4-10-18(24)20(14)30;1-4(2)3-5/h2*3-6,9-12,15-16,29-30H,1-2,7-8H2,(H,27,31)(H,28,32);3H,1-2H3/b2*25-11+,26-12+;/t2*15-,16-;/m11./s1. The lowest BCUT2D eigenvalue weighted by Gasteiger charge is -2.28. The summed E-state index contributed by atoms with van der Waals surface area (Å²) in [6.45, 7) is 0. The predicted molar refractivity (Wildman–Crippen MR) is 266 cm³/mol. The minimum absolute atomic E-state index is 0.134. The first-order valence-corrected chi connectivity index (χ1v) is 22.9. The number of hydrogen-bond acceptors (Lipinski definition) is 13. The molecule has 0 aliphatic heterocycles. The molecular weight excluding hydrogens is 976 g/mol. The van der Waals surface area contributed by atoms with Gasteiger partial charge in [-0.25, -0.2) is 21.7 Å². The number of benzene rings is 4. The van der Waals surface area contributed by atoms with Crippen molar-refractivity contribution in [3.05, 3.63) is 115 Å². The maximum absolute atomic E-state index is 12.7. The van der Waals surface area contributed by atoms with Crippen molar-refractivity contribution < 1.29 is 44.4 Å². The van der Waals surface area contributed by atoms with Crippen LogP contribution >= 0.6 is 46.4 Å². The average Bonchev–Trinajstić information content (AvgIpc) is 3.34. The lowest BCUT2D eigenvalue weighted by Crippen LogP contribution is -2.41. The van der Waals surface area contributed by atoms with Gasteiger partial charge in [-0.2, -0.15) is 20.4 Å². The van der Waals surface area contributed by atoms with Gasteiger partial charge in [0.1, 0.15) is 23.0 Å². The van der Waals surface area contributed by atoms with Crippen LogP contribution in [-0.2, 0) is 24.0 Å². The van der Waals surface area contributed by atoms with Gasteiger partial charge in [0.15, 0.2) is 0 Å². The number of phenols is 4. The highest BCUT2D eigenvalue weighted by Gasteiger charge is 2.37. The largest absolute Gasteiger partial charge is 0.506 e. The zero-order valence-corrected chi connectivity index (χ0v) is 40.4. The molecule has 2 fully saturated rings. The molecule has 0 saturated heterocycles. The quantitative estimate of drug-likeness (QED) is 0.0378. The number of carbonyl (C=O) groups is 5. The second-order valence-electron chi connectivity index (χ2n) is 15.7. The molecule has 2 saturated carbocycles. The fourth-order valence-corrected chi connectivity index (χ4v) is 7.78. The third-order valence-electron chi connectivity index (χ3n) is 10.7. The fraction of sp³-hybridized carbons (Fsp3) is 0.298. The molecule has 4 atom stereocenters. The fourth-order valence-electron chi connectivity index (χ4n) is 7.06. The van der Waals surface area contributed by atoms with Crippen molar-refractivity contribution in [2.24, 2.45) is 44.1 Å². The van der Waals surface area contributed by atoms with E-state index in [1.165, 1.54) is 54.0 Å². The lowest BCUT2D eigenvalue weighted by atomic mass is 9.78. The number of rotatable bonds is 13. The Morgan fingerprint density at radius 3 is 0.855 bits per heavy atom. The molecule has 0 unspecified atom stereocenters. The van der Waals surface area contributed by atoms with Crippen molar-refractivity contribution in [3.8, 4) is 23.0 Å². The van der Waals surface area contributed by atoms with E-state index in [-0.39, 0.29) is 66.7 Å². The average molecular weight is 1030 g/mol. The minimum Gasteiger partial charge on any atom is -0.506 e. The van der Waals surface area contributed by atoms with Crippen LogP contribution in [0.1, 0.15) is 73.6 Å². The number of aromatic hydroxyl groups is 4. The third-order valence-corrected chi connectivity index (χ3v) is 11.9. The Kier molecular flexibility index (Phi) is 22.2. The summed E-state index contributed by atoms with van der Waals surface area (Å²) >= 11 is 23.4. The van der Waals surface area contributed by atoms with Crippen LogP contribution in [0.4, 0.5) is 0 Å². The first-order valence-electron chi connectivity index (χ1n) is 21.4. The number of halogens is 4. The number of nitrogens with zero attached hydrogens (tertiary/aromatic N) is 5. The zero-order valence-electron chi connectivity index (χ0n) is 37.4. The van der Waals surface area contributed by atoms with E-state index in [9.17, 15) is 44.4 Å². The maximum atomic E-state index is 12.7. The molecule has 8 N–H and O–H groups in total. The number of hydrazone groups is 4. The normalized spacial score (nSPS) is 17.8.